The molecule has 0 spiro atoms. The van der Waals surface area contributed by atoms with Crippen LogP contribution >= 0.6 is 24.4 Å². The Morgan fingerprint density at radius 1 is 0.871 bits per heavy atom. The first kappa shape index (κ1) is 25.1. The molecule has 0 unspecified atom stereocenters. The van der Waals surface area contributed by atoms with Crippen LogP contribution in [0.4, 0.5) is 11.4 Å². The minimum atomic E-state index is -0.479. The first-order valence-corrected chi connectivity index (χ1v) is 15.5. The number of thiocarbonyl (C=S) groups is 2. The van der Waals surface area contributed by atoms with Gasteiger partial charge in [0.2, 0.25) is 0 Å². The number of benzene rings is 2. The van der Waals surface area contributed by atoms with Crippen molar-refractivity contribution in [2.75, 3.05) is 31.9 Å². The fraction of sp³-hybridized carbons (Fsp3) is 0.158. The van der Waals surface area contributed by atoms with Gasteiger partial charge in [0.1, 0.15) is 0 Å². The fourth-order valence-corrected chi connectivity index (χ4v) is 8.54. The molecule has 0 aliphatic rings. The summed E-state index contributed by atoms with van der Waals surface area (Å²) >= 11 is 10.1. The zero-order chi connectivity index (χ0) is 23.0. The topological polar surface area (TPSA) is 115 Å². The maximum atomic E-state index is 12.2. The standard InChI is InChI=1S/C19H20N4O4S2Se2/c1-21-19(29)23-15-7-5-11(9-13(15)17(25)27-3)31-30-10-4-6-14(22-18(20)28)12(8-10)16(24)26-2/h4-9H,1-3H3,(H3,20,22,28)(H2,21,23,29). The molecule has 0 atom stereocenters. The van der Waals surface area contributed by atoms with Crippen LogP contribution in [-0.2, 0) is 9.47 Å². The zero-order valence-corrected chi connectivity index (χ0v) is 21.9. The van der Waals surface area contributed by atoms with E-state index in [0.717, 1.165) is 8.92 Å². The molecule has 2 aromatic rings. The molecule has 0 aliphatic heterocycles. The Morgan fingerprint density at radius 3 is 1.71 bits per heavy atom. The number of carbonyl (C=O) groups excluding carboxylic acids is 2. The van der Waals surface area contributed by atoms with E-state index in [2.05, 4.69) is 16.0 Å². The van der Waals surface area contributed by atoms with Gasteiger partial charge in [-0.05, 0) is 0 Å². The number of carbonyl (C=O) groups is 2. The summed E-state index contributed by atoms with van der Waals surface area (Å²) in [4.78, 5) is 24.4. The van der Waals surface area contributed by atoms with Gasteiger partial charge in [0.25, 0.3) is 0 Å². The quantitative estimate of drug-likeness (QED) is 0.201. The van der Waals surface area contributed by atoms with E-state index in [4.69, 9.17) is 39.6 Å². The Labute approximate surface area is 201 Å². The van der Waals surface area contributed by atoms with Gasteiger partial charge in [-0.15, -0.1) is 0 Å². The number of hydrogen-bond acceptors (Lipinski definition) is 6. The summed E-state index contributed by atoms with van der Waals surface area (Å²) in [6, 6.07) is 11.0. The van der Waals surface area contributed by atoms with Crippen molar-refractivity contribution in [1.82, 2.24) is 5.32 Å². The third kappa shape index (κ3) is 7.17. The molecule has 0 heterocycles. The van der Waals surface area contributed by atoms with Crippen molar-refractivity contribution < 1.29 is 19.1 Å². The van der Waals surface area contributed by atoms with Gasteiger partial charge in [0.05, 0.1) is 0 Å². The number of esters is 2. The molecule has 0 aromatic heterocycles. The van der Waals surface area contributed by atoms with Crippen LogP contribution in [0, 0.1) is 0 Å². The summed E-state index contributed by atoms with van der Waals surface area (Å²) in [5.74, 6) is -0.930. The van der Waals surface area contributed by atoms with Gasteiger partial charge < -0.3 is 0 Å². The van der Waals surface area contributed by atoms with Crippen molar-refractivity contribution in [2.45, 2.75) is 0 Å². The van der Waals surface area contributed by atoms with Crippen LogP contribution in [0.1, 0.15) is 20.7 Å². The summed E-state index contributed by atoms with van der Waals surface area (Å²) in [6.45, 7) is 0. The number of nitrogens with two attached hydrogens (primary N) is 1. The van der Waals surface area contributed by atoms with Crippen LogP contribution in [0.15, 0.2) is 36.4 Å². The molecule has 0 saturated carbocycles. The van der Waals surface area contributed by atoms with Crippen LogP contribution in [-0.4, -0.2) is 69.7 Å². The molecule has 0 radical (unpaired) electrons. The molecule has 2 aromatic carbocycles. The van der Waals surface area contributed by atoms with E-state index >= 15 is 0 Å². The number of hydrogen-bond donors (Lipinski definition) is 4. The van der Waals surface area contributed by atoms with Crippen LogP contribution in [0.3, 0.4) is 0 Å². The van der Waals surface area contributed by atoms with E-state index in [1.54, 1.807) is 31.3 Å². The van der Waals surface area contributed by atoms with Crippen molar-refractivity contribution in [2.24, 2.45) is 5.73 Å². The van der Waals surface area contributed by atoms with Gasteiger partial charge in [-0.3, -0.25) is 0 Å². The van der Waals surface area contributed by atoms with Crippen molar-refractivity contribution in [1.29, 1.82) is 0 Å². The van der Waals surface area contributed by atoms with E-state index in [1.165, 1.54) is 14.2 Å². The molecule has 0 aliphatic carbocycles. The second-order valence-electron chi connectivity index (χ2n) is 5.76. The number of ether oxygens (including phenoxy) is 2. The second-order valence-corrected chi connectivity index (χ2v) is 12.9. The monoisotopic (exact) mass is 592 g/mol. The van der Waals surface area contributed by atoms with Crippen LogP contribution in [0.25, 0.3) is 0 Å². The summed E-state index contributed by atoms with van der Waals surface area (Å²) in [5, 5.41) is 9.04. The van der Waals surface area contributed by atoms with E-state index < -0.39 is 11.9 Å². The molecule has 31 heavy (non-hydrogen) atoms. The Morgan fingerprint density at radius 2 is 1.32 bits per heavy atom. The normalized spacial score (nSPS) is 10.0. The van der Waals surface area contributed by atoms with Crippen LogP contribution < -0.4 is 30.6 Å². The van der Waals surface area contributed by atoms with Gasteiger partial charge in [-0.1, -0.05) is 0 Å². The molecule has 5 N–H and O–H groups in total. The van der Waals surface area contributed by atoms with Crippen molar-refractivity contribution in [3.05, 3.63) is 47.5 Å². The summed E-state index contributed by atoms with van der Waals surface area (Å²) in [5.41, 5.74) is 7.36. The molecule has 0 saturated heterocycles. The van der Waals surface area contributed by atoms with E-state index in [-0.39, 0.29) is 31.4 Å². The predicted octanol–water partition coefficient (Wildman–Crippen LogP) is 0.106. The number of nitrogens with one attached hydrogen (secondary N) is 3. The maximum absolute atomic E-state index is 12.2. The van der Waals surface area contributed by atoms with Gasteiger partial charge in [-0.25, -0.2) is 0 Å². The molecule has 2 rings (SSSR count). The van der Waals surface area contributed by atoms with Gasteiger partial charge in [-0.2, -0.15) is 0 Å². The van der Waals surface area contributed by atoms with Gasteiger partial charge >= 0.3 is 203 Å². The zero-order valence-electron chi connectivity index (χ0n) is 16.8. The Balaban J connectivity index is 2.25. The molecule has 8 nitrogen and oxygen atoms in total. The second kappa shape index (κ2) is 12.0. The molecule has 164 valence electrons. The average Bonchev–Trinajstić information content (AvgIpc) is 2.77. The third-order valence-electron chi connectivity index (χ3n) is 3.76. The average molecular weight is 590 g/mol. The van der Waals surface area contributed by atoms with Crippen molar-refractivity contribution >= 4 is 93.2 Å². The summed E-state index contributed by atoms with van der Waals surface area (Å²) in [7, 11) is 4.34. The van der Waals surface area contributed by atoms with E-state index in [0.29, 0.717) is 27.6 Å². The molecule has 12 heteroatoms. The van der Waals surface area contributed by atoms with E-state index in [9.17, 15) is 9.59 Å². The minimum absolute atomic E-state index is 0.0418. The fourth-order valence-electron chi connectivity index (χ4n) is 2.34. The van der Waals surface area contributed by atoms with Crippen molar-refractivity contribution in [3.63, 3.8) is 0 Å². The number of anilines is 2. The molecule has 0 amide bonds. The van der Waals surface area contributed by atoms with Crippen LogP contribution in [0.5, 0.6) is 0 Å². The predicted molar refractivity (Wildman–Crippen MR) is 132 cm³/mol. The van der Waals surface area contributed by atoms with Gasteiger partial charge in [0, 0.05) is 0 Å². The first-order chi connectivity index (χ1) is 14.8. The number of methoxy groups -OCH3 is 2. The summed E-state index contributed by atoms with van der Waals surface area (Å²) in [6.07, 6.45) is 0. The Bertz CT molecular complexity index is 1020. The number of rotatable bonds is 7. The molecular formula is C19H20N4O4S2Se2. The summed E-state index contributed by atoms with van der Waals surface area (Å²) < 4.78 is 11.8. The Hall–Kier alpha value is -2.20. The molecular weight excluding hydrogens is 570 g/mol. The third-order valence-corrected chi connectivity index (χ3v) is 11.3. The molecule has 0 bridgehead atoms. The SMILES string of the molecule is CNC(=S)Nc1ccc([Se][Se]c2ccc(NC(N)=S)c(C(=O)OC)c2)cc1C(=O)OC. The van der Waals surface area contributed by atoms with Crippen LogP contribution in [0.2, 0.25) is 0 Å². The van der Waals surface area contributed by atoms with Crippen molar-refractivity contribution in [3.8, 4) is 0 Å². The Kier molecular flexibility index (Phi) is 9.70. The first-order valence-electron chi connectivity index (χ1n) is 8.63. The van der Waals surface area contributed by atoms with E-state index in [1.807, 2.05) is 12.1 Å². The molecule has 0 fully saturated rings. The van der Waals surface area contributed by atoms with Gasteiger partial charge in [0.15, 0.2) is 0 Å².